The third kappa shape index (κ3) is 3.25. The lowest BCUT2D eigenvalue weighted by Crippen LogP contribution is -2.21. The number of methoxy groups -OCH3 is 1. The maximum atomic E-state index is 11.0. The van der Waals surface area contributed by atoms with Crippen molar-refractivity contribution in [3.63, 3.8) is 0 Å². The molecule has 0 bridgehead atoms. The summed E-state index contributed by atoms with van der Waals surface area (Å²) in [6.07, 6.45) is 0.584. The summed E-state index contributed by atoms with van der Waals surface area (Å²) in [7, 11) is 1.40. The smallest absolute Gasteiger partial charge is 0.267 e. The van der Waals surface area contributed by atoms with Crippen LogP contribution in [0.2, 0.25) is 0 Å². The highest BCUT2D eigenvalue weighted by atomic mass is 16.5. The zero-order valence-electron chi connectivity index (χ0n) is 11.9. The molecule has 2 rings (SSSR count). The second kappa shape index (κ2) is 7.04. The Kier molecular flexibility index (Phi) is 5.11. The first kappa shape index (κ1) is 16.0. The number of carbonyl (C=O) groups is 1. The average Bonchev–Trinajstić information content (AvgIpc) is 2.55. The van der Waals surface area contributed by atoms with E-state index in [1.54, 1.807) is 30.3 Å². The van der Waals surface area contributed by atoms with Crippen LogP contribution in [0.15, 0.2) is 48.6 Å². The van der Waals surface area contributed by atoms with E-state index in [0.717, 1.165) is 6.08 Å². The summed E-state index contributed by atoms with van der Waals surface area (Å²) >= 11 is 0. The molecule has 0 saturated carbocycles. The quantitative estimate of drug-likeness (QED) is 0.382. The number of aliphatic hydroxyl groups excluding tert-OH is 1. The van der Waals surface area contributed by atoms with Crippen molar-refractivity contribution in [3.05, 3.63) is 54.1 Å². The number of carbonyl (C=O) groups excluding carboxylic acids is 1. The van der Waals surface area contributed by atoms with Crippen LogP contribution in [0.3, 0.4) is 0 Å². The number of hydrogen-bond acceptors (Lipinski definition) is 5. The van der Waals surface area contributed by atoms with Gasteiger partial charge in [0.2, 0.25) is 0 Å². The second-order valence-corrected chi connectivity index (χ2v) is 4.70. The van der Waals surface area contributed by atoms with Gasteiger partial charge >= 0.3 is 0 Å². The molecular weight excluding hydrogens is 286 g/mol. The lowest BCUT2D eigenvalue weighted by atomic mass is 9.96. The van der Waals surface area contributed by atoms with Crippen LogP contribution in [-0.2, 0) is 9.53 Å². The van der Waals surface area contributed by atoms with Gasteiger partial charge in [0.05, 0.1) is 0 Å². The summed E-state index contributed by atoms with van der Waals surface area (Å²) < 4.78 is 5.18. The molecule has 0 fully saturated rings. The van der Waals surface area contributed by atoms with Crippen LogP contribution in [0.4, 0.5) is 0 Å². The van der Waals surface area contributed by atoms with Crippen LogP contribution in [-0.4, -0.2) is 34.5 Å². The van der Waals surface area contributed by atoms with E-state index >= 15 is 0 Å². The van der Waals surface area contributed by atoms with E-state index in [1.807, 2.05) is 0 Å². The van der Waals surface area contributed by atoms with Crippen molar-refractivity contribution in [2.24, 2.45) is 0 Å². The Bertz CT molecular complexity index is 698. The Morgan fingerprint density at radius 2 is 1.91 bits per heavy atom. The normalized spacial score (nSPS) is 14.1. The first-order valence-corrected chi connectivity index (χ1v) is 6.62. The van der Waals surface area contributed by atoms with Gasteiger partial charge in [-0.3, -0.25) is 10.0 Å². The third-order valence-corrected chi connectivity index (χ3v) is 3.38. The van der Waals surface area contributed by atoms with Gasteiger partial charge in [-0.05, 0) is 23.1 Å². The maximum absolute atomic E-state index is 11.0. The highest BCUT2D eigenvalue weighted by Crippen LogP contribution is 2.32. The minimum absolute atomic E-state index is 0.121. The Hall–Kier alpha value is -2.41. The van der Waals surface area contributed by atoms with Gasteiger partial charge in [-0.25, -0.2) is 5.48 Å². The zero-order valence-corrected chi connectivity index (χ0v) is 11.9. The van der Waals surface area contributed by atoms with Crippen molar-refractivity contribution in [2.75, 3.05) is 7.11 Å². The molecule has 0 spiro atoms. The summed E-state index contributed by atoms with van der Waals surface area (Å²) in [5.74, 6) is -0.597. The van der Waals surface area contributed by atoms with E-state index in [9.17, 15) is 15.0 Å². The molecule has 0 radical (unpaired) electrons. The van der Waals surface area contributed by atoms with Gasteiger partial charge in [-0.2, -0.15) is 0 Å². The lowest BCUT2D eigenvalue weighted by molar-refractivity contribution is -0.124. The van der Waals surface area contributed by atoms with E-state index in [0.29, 0.717) is 16.3 Å². The molecule has 6 heteroatoms. The first-order valence-electron chi connectivity index (χ1n) is 6.62. The maximum Gasteiger partial charge on any atom is 0.267 e. The number of aliphatic hydroxyl groups is 1. The molecule has 0 saturated heterocycles. The molecule has 0 heterocycles. The number of ether oxygens (including phenoxy) is 1. The molecule has 0 unspecified atom stereocenters. The number of phenolic OH excluding ortho intramolecular Hbond substituents is 1. The average molecular weight is 303 g/mol. The SMILES string of the molecule is CO[C@@H](/C=C/C(=O)NO)[C@@H](O)c1ccc(O)c2ccccc12. The van der Waals surface area contributed by atoms with Crippen molar-refractivity contribution in [1.82, 2.24) is 5.48 Å². The van der Waals surface area contributed by atoms with Crippen LogP contribution in [0.1, 0.15) is 11.7 Å². The molecule has 0 aliphatic rings. The molecule has 0 aromatic heterocycles. The number of fused-ring (bicyclic) bond motifs is 1. The molecule has 6 nitrogen and oxygen atoms in total. The molecule has 2 atom stereocenters. The largest absolute Gasteiger partial charge is 0.507 e. The van der Waals surface area contributed by atoms with E-state index in [1.165, 1.54) is 24.7 Å². The van der Waals surface area contributed by atoms with E-state index in [4.69, 9.17) is 9.94 Å². The second-order valence-electron chi connectivity index (χ2n) is 4.70. The Labute approximate surface area is 127 Å². The molecule has 2 aromatic rings. The predicted molar refractivity (Wildman–Crippen MR) is 80.4 cm³/mol. The number of benzene rings is 2. The van der Waals surface area contributed by atoms with E-state index in [-0.39, 0.29) is 5.75 Å². The van der Waals surface area contributed by atoms with Crippen molar-refractivity contribution in [2.45, 2.75) is 12.2 Å². The fourth-order valence-electron chi connectivity index (χ4n) is 2.27. The monoisotopic (exact) mass is 303 g/mol. The predicted octanol–water partition coefficient (Wildman–Crippen LogP) is 1.66. The fourth-order valence-corrected chi connectivity index (χ4v) is 2.27. The summed E-state index contributed by atoms with van der Waals surface area (Å²) in [5, 5.41) is 30.2. The van der Waals surface area contributed by atoms with Gasteiger partial charge < -0.3 is 14.9 Å². The first-order chi connectivity index (χ1) is 10.6. The number of hydrogen-bond donors (Lipinski definition) is 4. The van der Waals surface area contributed by atoms with Gasteiger partial charge in [-0.1, -0.05) is 30.3 Å². The van der Waals surface area contributed by atoms with Crippen LogP contribution >= 0.6 is 0 Å². The van der Waals surface area contributed by atoms with Gasteiger partial charge in [0, 0.05) is 18.6 Å². The number of hydroxylamine groups is 1. The molecular formula is C16H17NO5. The van der Waals surface area contributed by atoms with Crippen molar-refractivity contribution >= 4 is 16.7 Å². The minimum atomic E-state index is -1.04. The number of phenols is 1. The van der Waals surface area contributed by atoms with Crippen LogP contribution in [0.5, 0.6) is 5.75 Å². The zero-order chi connectivity index (χ0) is 16.1. The van der Waals surface area contributed by atoms with Gasteiger partial charge in [0.1, 0.15) is 18.0 Å². The van der Waals surface area contributed by atoms with Crippen LogP contribution in [0, 0.1) is 0 Å². The minimum Gasteiger partial charge on any atom is -0.507 e. The summed E-state index contributed by atoms with van der Waals surface area (Å²) in [6.45, 7) is 0. The van der Waals surface area contributed by atoms with Crippen LogP contribution < -0.4 is 5.48 Å². The fraction of sp³-hybridized carbons (Fsp3) is 0.188. The van der Waals surface area contributed by atoms with E-state index < -0.39 is 18.1 Å². The molecule has 0 aliphatic heterocycles. The molecule has 1 amide bonds. The van der Waals surface area contributed by atoms with Gasteiger partial charge in [0.25, 0.3) is 5.91 Å². The molecule has 0 aliphatic carbocycles. The summed E-state index contributed by atoms with van der Waals surface area (Å²) in [4.78, 5) is 11.0. The highest BCUT2D eigenvalue weighted by molar-refractivity contribution is 5.91. The Morgan fingerprint density at radius 1 is 1.23 bits per heavy atom. The van der Waals surface area contributed by atoms with Crippen molar-refractivity contribution in [3.8, 4) is 5.75 Å². The number of nitrogens with one attached hydrogen (secondary N) is 1. The summed E-state index contributed by atoms with van der Waals surface area (Å²) in [5.41, 5.74) is 2.03. The molecule has 2 aromatic carbocycles. The van der Waals surface area contributed by atoms with Crippen molar-refractivity contribution in [1.29, 1.82) is 0 Å². The van der Waals surface area contributed by atoms with Crippen LogP contribution in [0.25, 0.3) is 10.8 Å². The Morgan fingerprint density at radius 3 is 2.55 bits per heavy atom. The molecule has 116 valence electrons. The number of aromatic hydroxyl groups is 1. The van der Waals surface area contributed by atoms with E-state index in [2.05, 4.69) is 0 Å². The topological polar surface area (TPSA) is 99.0 Å². The number of rotatable bonds is 5. The number of amides is 1. The van der Waals surface area contributed by atoms with Gasteiger partial charge in [0.15, 0.2) is 0 Å². The molecule has 4 N–H and O–H groups in total. The lowest BCUT2D eigenvalue weighted by Gasteiger charge is -2.20. The third-order valence-electron chi connectivity index (χ3n) is 3.38. The van der Waals surface area contributed by atoms with Crippen molar-refractivity contribution < 1.29 is 25.0 Å². The summed E-state index contributed by atoms with van der Waals surface area (Å²) in [6, 6.07) is 10.2. The Balaban J connectivity index is 2.39. The standard InChI is InChI=1S/C16H17NO5/c1-22-14(8-9-15(19)17-21)16(20)12-6-7-13(18)11-5-3-2-4-10(11)12/h2-9,14,16,18,20-21H,1H3,(H,17,19)/b9-8+/t14-,16-/m0/s1. The van der Waals surface area contributed by atoms with Gasteiger partial charge in [-0.15, -0.1) is 0 Å². The highest BCUT2D eigenvalue weighted by Gasteiger charge is 2.21. The molecule has 22 heavy (non-hydrogen) atoms.